The molecule has 7 heteroatoms. The number of benzene rings is 1. The number of H-pyrrole nitrogens is 1. The fourth-order valence-electron chi connectivity index (χ4n) is 2.50. The first kappa shape index (κ1) is 14.8. The number of hydrogen-bond acceptors (Lipinski definition) is 4. The molecular formula is C16H16N4O3. The Bertz CT molecular complexity index is 933. The molecule has 2 aromatic heterocycles. The first-order valence-corrected chi connectivity index (χ1v) is 7.00. The van der Waals surface area contributed by atoms with Crippen molar-refractivity contribution < 1.29 is 9.53 Å². The molecule has 0 radical (unpaired) electrons. The second-order valence-corrected chi connectivity index (χ2v) is 5.19. The Morgan fingerprint density at radius 3 is 2.74 bits per heavy atom. The van der Waals surface area contributed by atoms with Crippen molar-refractivity contribution >= 4 is 5.97 Å². The lowest BCUT2D eigenvalue weighted by Gasteiger charge is -2.03. The second-order valence-electron chi connectivity index (χ2n) is 5.19. The Labute approximate surface area is 132 Å². The van der Waals surface area contributed by atoms with E-state index in [-0.39, 0.29) is 11.5 Å². The second kappa shape index (κ2) is 5.60. The van der Waals surface area contributed by atoms with Crippen LogP contribution < -0.4 is 5.56 Å². The number of carbonyl (C=O) groups excluding carboxylic acids is 1. The minimum Gasteiger partial charge on any atom is -0.465 e. The van der Waals surface area contributed by atoms with Gasteiger partial charge in [0.2, 0.25) is 0 Å². The molecule has 0 fully saturated rings. The van der Waals surface area contributed by atoms with Crippen molar-refractivity contribution in [2.75, 3.05) is 7.11 Å². The molecule has 0 spiro atoms. The van der Waals surface area contributed by atoms with Gasteiger partial charge in [0.25, 0.3) is 5.56 Å². The van der Waals surface area contributed by atoms with Gasteiger partial charge in [0, 0.05) is 18.8 Å². The summed E-state index contributed by atoms with van der Waals surface area (Å²) in [5.74, 6) is 0.286. The maximum Gasteiger partial charge on any atom is 0.337 e. The molecule has 2 heterocycles. The Morgan fingerprint density at radius 1 is 1.30 bits per heavy atom. The normalized spacial score (nSPS) is 10.7. The van der Waals surface area contributed by atoms with Crippen LogP contribution in [-0.2, 0) is 11.8 Å². The van der Waals surface area contributed by atoms with Gasteiger partial charge in [0.05, 0.1) is 24.4 Å². The van der Waals surface area contributed by atoms with Crippen LogP contribution in [0.1, 0.15) is 15.9 Å². The predicted octanol–water partition coefficient (Wildman–Crippen LogP) is 1.66. The quantitative estimate of drug-likeness (QED) is 0.746. The summed E-state index contributed by atoms with van der Waals surface area (Å²) in [7, 11) is 3.10. The SMILES string of the molecule is COC(=O)c1cccc(-c2cnn(-c3c(C)c(=O)[nH]n3C)c2)c1. The molecule has 3 aromatic rings. The topological polar surface area (TPSA) is 81.9 Å². The van der Waals surface area contributed by atoms with Gasteiger partial charge in [-0.05, 0) is 24.6 Å². The number of aryl methyl sites for hydroxylation is 1. The average molecular weight is 312 g/mol. The molecule has 0 aliphatic heterocycles. The smallest absolute Gasteiger partial charge is 0.337 e. The van der Waals surface area contributed by atoms with E-state index in [0.717, 1.165) is 11.1 Å². The Balaban J connectivity index is 2.03. The Hall–Kier alpha value is -3.09. The van der Waals surface area contributed by atoms with E-state index >= 15 is 0 Å². The number of aromatic nitrogens is 4. The lowest BCUT2D eigenvalue weighted by molar-refractivity contribution is 0.0601. The van der Waals surface area contributed by atoms with Gasteiger partial charge >= 0.3 is 5.97 Å². The number of nitrogens with zero attached hydrogens (tertiary/aromatic N) is 3. The molecule has 0 bridgehead atoms. The maximum atomic E-state index is 11.7. The number of ether oxygens (including phenoxy) is 1. The van der Waals surface area contributed by atoms with Crippen molar-refractivity contribution in [3.05, 3.63) is 58.1 Å². The molecule has 0 atom stereocenters. The summed E-state index contributed by atoms with van der Waals surface area (Å²) in [4.78, 5) is 23.3. The van der Waals surface area contributed by atoms with E-state index in [1.807, 2.05) is 12.3 Å². The highest BCUT2D eigenvalue weighted by Crippen LogP contribution is 2.22. The van der Waals surface area contributed by atoms with E-state index in [0.29, 0.717) is 16.9 Å². The van der Waals surface area contributed by atoms with Gasteiger partial charge in [-0.2, -0.15) is 5.10 Å². The van der Waals surface area contributed by atoms with Gasteiger partial charge in [-0.1, -0.05) is 12.1 Å². The molecule has 0 unspecified atom stereocenters. The number of nitrogens with one attached hydrogen (secondary N) is 1. The summed E-state index contributed by atoms with van der Waals surface area (Å²) in [5.41, 5.74) is 2.60. The van der Waals surface area contributed by atoms with E-state index in [9.17, 15) is 9.59 Å². The van der Waals surface area contributed by atoms with Gasteiger partial charge in [0.1, 0.15) is 0 Å². The van der Waals surface area contributed by atoms with Crippen LogP contribution in [-0.4, -0.2) is 32.6 Å². The minimum atomic E-state index is -0.386. The summed E-state index contributed by atoms with van der Waals surface area (Å²) in [6.07, 6.45) is 3.50. The molecule has 0 amide bonds. The summed E-state index contributed by atoms with van der Waals surface area (Å²) < 4.78 is 7.99. The van der Waals surface area contributed by atoms with Crippen LogP contribution in [0.3, 0.4) is 0 Å². The fraction of sp³-hybridized carbons (Fsp3) is 0.188. The van der Waals surface area contributed by atoms with E-state index in [1.54, 1.807) is 47.7 Å². The average Bonchev–Trinajstić information content (AvgIpc) is 3.12. The summed E-state index contributed by atoms with van der Waals surface area (Å²) in [6.45, 7) is 1.74. The maximum absolute atomic E-state index is 11.7. The number of carbonyl (C=O) groups is 1. The molecule has 3 rings (SSSR count). The summed E-state index contributed by atoms with van der Waals surface area (Å²) in [5, 5.41) is 7.01. The van der Waals surface area contributed by atoms with Crippen molar-refractivity contribution in [2.24, 2.45) is 7.05 Å². The zero-order chi connectivity index (χ0) is 16.6. The Morgan fingerprint density at radius 2 is 2.09 bits per heavy atom. The summed E-state index contributed by atoms with van der Waals surface area (Å²) >= 11 is 0. The molecule has 118 valence electrons. The van der Waals surface area contributed by atoms with E-state index in [2.05, 4.69) is 10.2 Å². The molecule has 1 aromatic carbocycles. The molecule has 0 aliphatic carbocycles. The molecule has 1 N–H and O–H groups in total. The van der Waals surface area contributed by atoms with Crippen molar-refractivity contribution in [2.45, 2.75) is 6.92 Å². The van der Waals surface area contributed by atoms with Gasteiger partial charge in [-0.3, -0.25) is 14.6 Å². The number of methoxy groups -OCH3 is 1. The molecule has 0 saturated carbocycles. The molecular weight excluding hydrogens is 296 g/mol. The van der Waals surface area contributed by atoms with Gasteiger partial charge < -0.3 is 4.74 Å². The largest absolute Gasteiger partial charge is 0.465 e. The van der Waals surface area contributed by atoms with Crippen LogP contribution in [0.15, 0.2) is 41.5 Å². The highest BCUT2D eigenvalue weighted by molar-refractivity contribution is 5.90. The standard InChI is InChI=1S/C16H16N4O3/c1-10-14(21)18-19(2)15(10)20-9-13(8-17-20)11-5-4-6-12(7-11)16(22)23-3/h4-9H,1-3H3,(H,18,21). The van der Waals surface area contributed by atoms with Crippen molar-refractivity contribution in [1.29, 1.82) is 0 Å². The molecule has 0 aliphatic rings. The lowest BCUT2D eigenvalue weighted by atomic mass is 10.1. The van der Waals surface area contributed by atoms with Crippen LogP contribution >= 0.6 is 0 Å². The van der Waals surface area contributed by atoms with Crippen molar-refractivity contribution in [3.8, 4) is 16.9 Å². The Kier molecular flexibility index (Phi) is 3.61. The van der Waals surface area contributed by atoms with Gasteiger partial charge in [0.15, 0.2) is 5.82 Å². The highest BCUT2D eigenvalue weighted by Gasteiger charge is 2.13. The first-order valence-electron chi connectivity index (χ1n) is 7.00. The number of hydrogen-bond donors (Lipinski definition) is 1. The van der Waals surface area contributed by atoms with E-state index in [1.165, 1.54) is 7.11 Å². The lowest BCUT2D eigenvalue weighted by Crippen LogP contribution is -2.04. The number of esters is 1. The van der Waals surface area contributed by atoms with E-state index < -0.39 is 0 Å². The van der Waals surface area contributed by atoms with Crippen LogP contribution in [0.25, 0.3) is 16.9 Å². The number of rotatable bonds is 3. The number of aromatic amines is 1. The van der Waals surface area contributed by atoms with Gasteiger partial charge in [-0.15, -0.1) is 0 Å². The molecule has 0 saturated heterocycles. The van der Waals surface area contributed by atoms with Crippen LogP contribution in [0.2, 0.25) is 0 Å². The minimum absolute atomic E-state index is 0.146. The van der Waals surface area contributed by atoms with Crippen molar-refractivity contribution in [1.82, 2.24) is 19.6 Å². The molecule has 7 nitrogen and oxygen atoms in total. The fourth-order valence-corrected chi connectivity index (χ4v) is 2.50. The van der Waals surface area contributed by atoms with Crippen molar-refractivity contribution in [3.63, 3.8) is 0 Å². The third-order valence-corrected chi connectivity index (χ3v) is 3.68. The zero-order valence-corrected chi connectivity index (χ0v) is 13.0. The summed E-state index contributed by atoms with van der Waals surface area (Å²) in [6, 6.07) is 7.11. The van der Waals surface area contributed by atoms with Crippen LogP contribution in [0.4, 0.5) is 0 Å². The van der Waals surface area contributed by atoms with Gasteiger partial charge in [-0.25, -0.2) is 9.48 Å². The zero-order valence-electron chi connectivity index (χ0n) is 13.0. The monoisotopic (exact) mass is 312 g/mol. The highest BCUT2D eigenvalue weighted by atomic mass is 16.5. The third-order valence-electron chi connectivity index (χ3n) is 3.68. The van der Waals surface area contributed by atoms with E-state index in [4.69, 9.17) is 4.74 Å². The van der Waals surface area contributed by atoms with Crippen LogP contribution in [0.5, 0.6) is 0 Å². The van der Waals surface area contributed by atoms with Crippen LogP contribution in [0, 0.1) is 6.92 Å². The predicted molar refractivity (Wildman–Crippen MR) is 84.7 cm³/mol. The third kappa shape index (κ3) is 2.57. The first-order chi connectivity index (χ1) is 11.0. The molecule has 23 heavy (non-hydrogen) atoms.